The van der Waals surface area contributed by atoms with E-state index in [4.69, 9.17) is 9.47 Å². The molecule has 6 nitrogen and oxygen atoms in total. The Hall–Kier alpha value is -1.38. The number of aryl methyl sites for hydroxylation is 2. The molecule has 0 bridgehead atoms. The Morgan fingerprint density at radius 3 is 2.06 bits per heavy atom. The van der Waals surface area contributed by atoms with Gasteiger partial charge in [0.15, 0.2) is 0 Å². The summed E-state index contributed by atoms with van der Waals surface area (Å²) in [5.74, 6) is -0.441. The van der Waals surface area contributed by atoms with Crippen molar-refractivity contribution in [3.8, 4) is 0 Å². The number of fused-ring (bicyclic) bond motifs is 2. The Kier molecular flexibility index (Phi) is 9.61. The molecule has 2 aromatic heterocycles. The van der Waals surface area contributed by atoms with Crippen LogP contribution >= 0.6 is 45.2 Å². The number of rotatable bonds is 8. The molecule has 4 aromatic rings. The molecule has 0 atom stereocenters. The molecule has 0 aliphatic heterocycles. The summed E-state index contributed by atoms with van der Waals surface area (Å²) in [7, 11) is 3.36. The average Bonchev–Trinajstić information content (AvgIpc) is 3.25. The summed E-state index contributed by atoms with van der Waals surface area (Å²) in [6, 6.07) is 9.43. The molecule has 2 heterocycles. The zero-order valence-corrected chi connectivity index (χ0v) is 22.1. The monoisotopic (exact) mass is 668 g/mol. The van der Waals surface area contributed by atoms with Crippen LogP contribution in [0.15, 0.2) is 36.4 Å². The van der Waals surface area contributed by atoms with E-state index in [1.165, 1.54) is 24.3 Å². The average molecular weight is 668 g/mol. The largest absolute Gasteiger partial charge is 0.385 e. The number of benzene rings is 2. The van der Waals surface area contributed by atoms with Gasteiger partial charge in [0.05, 0.1) is 11.0 Å². The standard InChI is InChI=1S/2C11H12FIN2O/c1-16-6-2-5-15-10-4-3-8(12)7-9(10)11(13)14-15;1-16-6-2-5-15-11(13)9-7-8(12)3-4-10(9)14-15/h2*3-4,7H,2,5-6H2,1H3. The fourth-order valence-electron chi connectivity index (χ4n) is 3.22. The Bertz CT molecular complexity index is 1170. The van der Waals surface area contributed by atoms with Crippen molar-refractivity contribution in [3.05, 3.63) is 55.4 Å². The zero-order chi connectivity index (χ0) is 23.1. The summed E-state index contributed by atoms with van der Waals surface area (Å²) in [6.45, 7) is 3.00. The SMILES string of the molecule is COCCCn1nc(I)c2cc(F)ccc21.COCCCn1nc2ccc(F)cc2c1I. The molecule has 32 heavy (non-hydrogen) atoms. The van der Waals surface area contributed by atoms with Gasteiger partial charge in [-0.05, 0) is 94.4 Å². The molecule has 0 aliphatic rings. The van der Waals surface area contributed by atoms with Gasteiger partial charge in [0.25, 0.3) is 0 Å². The first-order chi connectivity index (χ1) is 15.4. The number of hydrogen-bond acceptors (Lipinski definition) is 4. The highest BCUT2D eigenvalue weighted by molar-refractivity contribution is 14.1. The zero-order valence-electron chi connectivity index (χ0n) is 17.8. The van der Waals surface area contributed by atoms with Crippen LogP contribution in [0.1, 0.15) is 12.8 Å². The van der Waals surface area contributed by atoms with E-state index in [9.17, 15) is 8.78 Å². The summed E-state index contributed by atoms with van der Waals surface area (Å²) in [6.07, 6.45) is 1.81. The van der Waals surface area contributed by atoms with Crippen molar-refractivity contribution in [2.45, 2.75) is 25.9 Å². The minimum absolute atomic E-state index is 0.221. The smallest absolute Gasteiger partial charge is 0.131 e. The molecule has 10 heteroatoms. The van der Waals surface area contributed by atoms with Gasteiger partial charge in [-0.1, -0.05) is 0 Å². The molecule has 0 aliphatic carbocycles. The lowest BCUT2D eigenvalue weighted by Gasteiger charge is -2.02. The van der Waals surface area contributed by atoms with Crippen molar-refractivity contribution in [1.82, 2.24) is 19.6 Å². The topological polar surface area (TPSA) is 54.1 Å². The van der Waals surface area contributed by atoms with Gasteiger partial charge in [-0.2, -0.15) is 10.2 Å². The molecule has 172 valence electrons. The highest BCUT2D eigenvalue weighted by Gasteiger charge is 2.09. The van der Waals surface area contributed by atoms with Crippen molar-refractivity contribution >= 4 is 67.0 Å². The van der Waals surface area contributed by atoms with Crippen molar-refractivity contribution in [2.24, 2.45) is 0 Å². The summed E-state index contributed by atoms with van der Waals surface area (Å²) in [5, 5.41) is 10.5. The van der Waals surface area contributed by atoms with Crippen LogP contribution in [0.4, 0.5) is 8.78 Å². The lowest BCUT2D eigenvalue weighted by atomic mass is 10.2. The maximum atomic E-state index is 13.1. The molecule has 0 radical (unpaired) electrons. The molecule has 2 aromatic carbocycles. The van der Waals surface area contributed by atoms with Crippen molar-refractivity contribution in [2.75, 3.05) is 27.4 Å². The molecule has 0 amide bonds. The second kappa shape index (κ2) is 12.2. The van der Waals surface area contributed by atoms with Crippen LogP contribution in [0.25, 0.3) is 21.8 Å². The molecular formula is C22H24F2I2N4O2. The lowest BCUT2D eigenvalue weighted by molar-refractivity contribution is 0.189. The highest BCUT2D eigenvalue weighted by Crippen LogP contribution is 2.22. The molecule has 4 rings (SSSR count). The number of aromatic nitrogens is 4. The molecule has 0 saturated carbocycles. The van der Waals surface area contributed by atoms with Crippen LogP contribution in [-0.4, -0.2) is 47.0 Å². The second-order valence-electron chi connectivity index (χ2n) is 7.04. The fraction of sp³-hybridized carbons (Fsp3) is 0.364. The maximum Gasteiger partial charge on any atom is 0.131 e. The van der Waals surface area contributed by atoms with Crippen molar-refractivity contribution in [1.29, 1.82) is 0 Å². The molecular weight excluding hydrogens is 644 g/mol. The van der Waals surface area contributed by atoms with Crippen LogP contribution in [0.3, 0.4) is 0 Å². The highest BCUT2D eigenvalue weighted by atomic mass is 127. The van der Waals surface area contributed by atoms with Gasteiger partial charge in [0, 0.05) is 51.3 Å². The Morgan fingerprint density at radius 2 is 1.41 bits per heavy atom. The first-order valence-electron chi connectivity index (χ1n) is 10.1. The summed E-state index contributed by atoms with van der Waals surface area (Å²) < 4.78 is 41.7. The van der Waals surface area contributed by atoms with E-state index in [1.807, 2.05) is 9.36 Å². The molecule has 0 spiro atoms. The number of nitrogens with zero attached hydrogens (tertiary/aromatic N) is 4. The number of hydrogen-bond donors (Lipinski definition) is 0. The Balaban J connectivity index is 0.000000181. The normalized spacial score (nSPS) is 11.2. The van der Waals surface area contributed by atoms with Gasteiger partial charge in [-0.3, -0.25) is 9.36 Å². The first kappa shape index (κ1) is 25.2. The van der Waals surface area contributed by atoms with Crippen LogP contribution in [0.5, 0.6) is 0 Å². The lowest BCUT2D eigenvalue weighted by Crippen LogP contribution is -2.04. The van der Waals surface area contributed by atoms with E-state index < -0.39 is 0 Å². The van der Waals surface area contributed by atoms with Crippen LogP contribution in [-0.2, 0) is 22.6 Å². The van der Waals surface area contributed by atoms with E-state index in [-0.39, 0.29) is 11.6 Å². The predicted molar refractivity (Wildman–Crippen MR) is 138 cm³/mol. The van der Waals surface area contributed by atoms with E-state index in [0.717, 1.165) is 55.1 Å². The summed E-state index contributed by atoms with van der Waals surface area (Å²) >= 11 is 4.32. The van der Waals surface area contributed by atoms with Crippen LogP contribution < -0.4 is 0 Å². The van der Waals surface area contributed by atoms with Gasteiger partial charge >= 0.3 is 0 Å². The minimum Gasteiger partial charge on any atom is -0.385 e. The fourth-order valence-corrected chi connectivity index (χ4v) is 4.70. The van der Waals surface area contributed by atoms with Gasteiger partial charge < -0.3 is 9.47 Å². The molecule has 0 unspecified atom stereocenters. The molecule has 0 N–H and O–H groups in total. The van der Waals surface area contributed by atoms with E-state index in [1.54, 1.807) is 26.4 Å². The maximum absolute atomic E-state index is 13.1. The van der Waals surface area contributed by atoms with E-state index >= 15 is 0 Å². The van der Waals surface area contributed by atoms with Gasteiger partial charge in [-0.15, -0.1) is 0 Å². The second-order valence-corrected chi connectivity index (χ2v) is 9.09. The van der Waals surface area contributed by atoms with E-state index in [0.29, 0.717) is 13.2 Å². The Labute approximate surface area is 212 Å². The van der Waals surface area contributed by atoms with Crippen LogP contribution in [0.2, 0.25) is 0 Å². The van der Waals surface area contributed by atoms with Crippen molar-refractivity contribution in [3.63, 3.8) is 0 Å². The van der Waals surface area contributed by atoms with Gasteiger partial charge in [0.1, 0.15) is 19.0 Å². The first-order valence-corrected chi connectivity index (χ1v) is 12.2. The quantitative estimate of drug-likeness (QED) is 0.181. The third-order valence-electron chi connectivity index (χ3n) is 4.74. The van der Waals surface area contributed by atoms with Gasteiger partial charge in [0.2, 0.25) is 0 Å². The molecule has 0 fully saturated rings. The van der Waals surface area contributed by atoms with E-state index in [2.05, 4.69) is 55.4 Å². The number of halogens is 4. The Morgan fingerprint density at radius 1 is 0.812 bits per heavy atom. The summed E-state index contributed by atoms with van der Waals surface area (Å²) in [4.78, 5) is 0. The van der Waals surface area contributed by atoms with Crippen LogP contribution in [0, 0.1) is 19.0 Å². The van der Waals surface area contributed by atoms with Gasteiger partial charge in [-0.25, -0.2) is 8.78 Å². The third kappa shape index (κ3) is 6.35. The number of methoxy groups -OCH3 is 2. The predicted octanol–water partition coefficient (Wildman–Crippen LogP) is 5.63. The molecule has 0 saturated heterocycles. The van der Waals surface area contributed by atoms with Crippen molar-refractivity contribution < 1.29 is 18.3 Å². The third-order valence-corrected chi connectivity index (χ3v) is 6.67. The summed E-state index contributed by atoms with van der Waals surface area (Å²) in [5.41, 5.74) is 1.81. The number of ether oxygens (including phenoxy) is 2. The minimum atomic E-state index is -0.221.